The third-order valence-corrected chi connectivity index (χ3v) is 2.49. The first-order chi connectivity index (χ1) is 7.11. The largest absolute Gasteiger partial charge is 0.508 e. The van der Waals surface area contributed by atoms with E-state index in [9.17, 15) is 9.90 Å². The third kappa shape index (κ3) is 4.51. The summed E-state index contributed by atoms with van der Waals surface area (Å²) in [5.41, 5.74) is 0.951. The average Bonchev–Trinajstić information content (AvgIpc) is 2.14. The zero-order valence-electron chi connectivity index (χ0n) is 8.50. The molecule has 0 aromatic heterocycles. The fourth-order valence-electron chi connectivity index (χ4n) is 1.26. The van der Waals surface area contributed by atoms with Crippen molar-refractivity contribution < 1.29 is 14.6 Å². The molecular weight excluding hydrogens is 307 g/mol. The summed E-state index contributed by atoms with van der Waals surface area (Å²) >= 11 is 2.13. The van der Waals surface area contributed by atoms with Gasteiger partial charge >= 0.3 is 5.97 Å². The summed E-state index contributed by atoms with van der Waals surface area (Å²) in [6.07, 6.45) is 0.955. The number of phenols is 1. The van der Waals surface area contributed by atoms with Crippen molar-refractivity contribution in [1.29, 1.82) is 0 Å². The second-order valence-electron chi connectivity index (χ2n) is 3.12. The highest BCUT2D eigenvalue weighted by Crippen LogP contribution is 2.18. The van der Waals surface area contributed by atoms with E-state index in [4.69, 9.17) is 4.74 Å². The SMILES string of the molecule is CCOC(=O)CCc1cc(O)cc(I)c1. The first-order valence-electron chi connectivity index (χ1n) is 4.76. The van der Waals surface area contributed by atoms with E-state index in [0.29, 0.717) is 19.4 Å². The van der Waals surface area contributed by atoms with Crippen LogP contribution in [0.25, 0.3) is 0 Å². The maximum atomic E-state index is 11.1. The lowest BCUT2D eigenvalue weighted by Gasteiger charge is -2.03. The number of ether oxygens (including phenoxy) is 1. The molecule has 3 nitrogen and oxygen atoms in total. The Morgan fingerprint density at radius 2 is 2.20 bits per heavy atom. The number of carbonyl (C=O) groups is 1. The van der Waals surface area contributed by atoms with Gasteiger partial charge in [0, 0.05) is 9.99 Å². The second kappa shape index (κ2) is 5.95. The van der Waals surface area contributed by atoms with Crippen LogP contribution in [-0.2, 0) is 16.0 Å². The van der Waals surface area contributed by atoms with Gasteiger partial charge in [0.05, 0.1) is 6.61 Å². The molecule has 0 aliphatic rings. The summed E-state index contributed by atoms with van der Waals surface area (Å²) in [7, 11) is 0. The summed E-state index contributed by atoms with van der Waals surface area (Å²) in [5, 5.41) is 9.34. The number of benzene rings is 1. The molecule has 1 rings (SSSR count). The Balaban J connectivity index is 2.54. The monoisotopic (exact) mass is 320 g/mol. The Morgan fingerprint density at radius 3 is 2.80 bits per heavy atom. The fraction of sp³-hybridized carbons (Fsp3) is 0.364. The van der Waals surface area contributed by atoms with Crippen molar-refractivity contribution >= 4 is 28.6 Å². The van der Waals surface area contributed by atoms with E-state index in [-0.39, 0.29) is 11.7 Å². The van der Waals surface area contributed by atoms with Crippen LogP contribution >= 0.6 is 22.6 Å². The number of rotatable bonds is 4. The predicted molar refractivity (Wildman–Crippen MR) is 65.8 cm³/mol. The second-order valence-corrected chi connectivity index (χ2v) is 4.37. The van der Waals surface area contributed by atoms with Gasteiger partial charge in [-0.05, 0) is 59.7 Å². The van der Waals surface area contributed by atoms with Crippen molar-refractivity contribution in [1.82, 2.24) is 0 Å². The van der Waals surface area contributed by atoms with Crippen LogP contribution in [-0.4, -0.2) is 17.7 Å². The highest BCUT2D eigenvalue weighted by molar-refractivity contribution is 14.1. The van der Waals surface area contributed by atoms with Crippen LogP contribution in [0.1, 0.15) is 18.9 Å². The van der Waals surface area contributed by atoms with Crippen LogP contribution in [0.4, 0.5) is 0 Å². The minimum absolute atomic E-state index is 0.198. The lowest BCUT2D eigenvalue weighted by molar-refractivity contribution is -0.143. The van der Waals surface area contributed by atoms with Crippen molar-refractivity contribution in [3.8, 4) is 5.75 Å². The van der Waals surface area contributed by atoms with E-state index >= 15 is 0 Å². The van der Waals surface area contributed by atoms with E-state index in [2.05, 4.69) is 22.6 Å². The van der Waals surface area contributed by atoms with Gasteiger partial charge in [-0.1, -0.05) is 0 Å². The Bertz CT molecular complexity index is 329. The number of phenolic OH excluding ortho intramolecular Hbond substituents is 1. The van der Waals surface area contributed by atoms with Crippen molar-refractivity contribution in [2.45, 2.75) is 19.8 Å². The molecule has 1 aromatic carbocycles. The molecule has 0 saturated heterocycles. The molecule has 15 heavy (non-hydrogen) atoms. The van der Waals surface area contributed by atoms with Gasteiger partial charge in [-0.3, -0.25) is 4.79 Å². The molecule has 0 amide bonds. The molecule has 0 saturated carbocycles. The van der Waals surface area contributed by atoms with Crippen LogP contribution in [0.15, 0.2) is 18.2 Å². The third-order valence-electron chi connectivity index (χ3n) is 1.87. The van der Waals surface area contributed by atoms with Crippen molar-refractivity contribution in [3.63, 3.8) is 0 Å². The number of hydrogen-bond donors (Lipinski definition) is 1. The van der Waals surface area contributed by atoms with Gasteiger partial charge in [0.15, 0.2) is 0 Å². The van der Waals surface area contributed by atoms with E-state index in [1.54, 1.807) is 19.1 Å². The molecule has 0 fully saturated rings. The summed E-state index contributed by atoms with van der Waals surface area (Å²) in [5.74, 6) is 0.0385. The molecule has 0 aliphatic carbocycles. The number of aromatic hydroxyl groups is 1. The summed E-state index contributed by atoms with van der Waals surface area (Å²) in [4.78, 5) is 11.1. The number of aryl methyl sites for hydroxylation is 1. The molecule has 1 aromatic rings. The first kappa shape index (κ1) is 12.3. The van der Waals surface area contributed by atoms with Crippen LogP contribution in [0.5, 0.6) is 5.75 Å². The molecule has 0 spiro atoms. The highest BCUT2D eigenvalue weighted by Gasteiger charge is 2.04. The van der Waals surface area contributed by atoms with E-state index in [1.165, 1.54) is 0 Å². The Morgan fingerprint density at radius 1 is 1.47 bits per heavy atom. The molecule has 82 valence electrons. The maximum absolute atomic E-state index is 11.1. The van der Waals surface area contributed by atoms with Crippen LogP contribution < -0.4 is 0 Å². The fourth-order valence-corrected chi connectivity index (χ4v) is 1.98. The van der Waals surface area contributed by atoms with Gasteiger partial charge in [0.1, 0.15) is 5.75 Å². The lowest BCUT2D eigenvalue weighted by Crippen LogP contribution is -2.05. The normalized spacial score (nSPS) is 10.0. The van der Waals surface area contributed by atoms with Crippen LogP contribution in [0, 0.1) is 3.57 Å². The molecule has 0 heterocycles. The van der Waals surface area contributed by atoms with Gasteiger partial charge in [-0.25, -0.2) is 0 Å². The molecule has 0 aliphatic heterocycles. The van der Waals surface area contributed by atoms with Crippen molar-refractivity contribution in [2.75, 3.05) is 6.61 Å². The number of hydrogen-bond acceptors (Lipinski definition) is 3. The molecule has 0 unspecified atom stereocenters. The predicted octanol–water partition coefficient (Wildman–Crippen LogP) is 2.49. The molecular formula is C11H13IO3. The minimum Gasteiger partial charge on any atom is -0.508 e. The number of halogens is 1. The summed E-state index contributed by atoms with van der Waals surface area (Å²) < 4.78 is 5.79. The standard InChI is InChI=1S/C11H13IO3/c1-2-15-11(14)4-3-8-5-9(12)7-10(13)6-8/h5-7,13H,2-4H2,1H3. The quantitative estimate of drug-likeness (QED) is 0.685. The first-order valence-corrected chi connectivity index (χ1v) is 5.83. The minimum atomic E-state index is -0.198. The molecule has 1 N–H and O–H groups in total. The molecule has 0 atom stereocenters. The maximum Gasteiger partial charge on any atom is 0.306 e. The molecule has 0 bridgehead atoms. The van der Waals surface area contributed by atoms with Gasteiger partial charge in [-0.2, -0.15) is 0 Å². The van der Waals surface area contributed by atoms with Crippen LogP contribution in [0.3, 0.4) is 0 Å². The zero-order chi connectivity index (χ0) is 11.3. The van der Waals surface area contributed by atoms with E-state index in [1.807, 2.05) is 6.07 Å². The molecule has 4 heteroatoms. The molecule has 0 radical (unpaired) electrons. The van der Waals surface area contributed by atoms with Gasteiger partial charge in [0.2, 0.25) is 0 Å². The Kier molecular flexibility index (Phi) is 4.87. The Hall–Kier alpha value is -0.780. The van der Waals surface area contributed by atoms with Crippen molar-refractivity contribution in [3.05, 3.63) is 27.3 Å². The average molecular weight is 320 g/mol. The number of esters is 1. The highest BCUT2D eigenvalue weighted by atomic mass is 127. The van der Waals surface area contributed by atoms with Gasteiger partial charge in [-0.15, -0.1) is 0 Å². The van der Waals surface area contributed by atoms with Crippen molar-refractivity contribution in [2.24, 2.45) is 0 Å². The van der Waals surface area contributed by atoms with E-state index < -0.39 is 0 Å². The van der Waals surface area contributed by atoms with Crippen LogP contribution in [0.2, 0.25) is 0 Å². The number of carbonyl (C=O) groups excluding carboxylic acids is 1. The van der Waals surface area contributed by atoms with Gasteiger partial charge < -0.3 is 9.84 Å². The Labute approximate surface area is 103 Å². The summed E-state index contributed by atoms with van der Waals surface area (Å²) in [6.45, 7) is 2.20. The van der Waals surface area contributed by atoms with Gasteiger partial charge in [0.25, 0.3) is 0 Å². The lowest BCUT2D eigenvalue weighted by atomic mass is 10.1. The smallest absolute Gasteiger partial charge is 0.306 e. The topological polar surface area (TPSA) is 46.5 Å². The summed E-state index contributed by atoms with van der Waals surface area (Å²) in [6, 6.07) is 5.29. The zero-order valence-corrected chi connectivity index (χ0v) is 10.7. The van der Waals surface area contributed by atoms with E-state index in [0.717, 1.165) is 9.13 Å².